The highest BCUT2D eigenvalue weighted by molar-refractivity contribution is 5.88. The molecule has 0 spiro atoms. The van der Waals surface area contributed by atoms with Gasteiger partial charge in [0.2, 0.25) is 11.8 Å². The van der Waals surface area contributed by atoms with E-state index in [1.165, 1.54) is 17.7 Å². The zero-order valence-electron chi connectivity index (χ0n) is 16.3. The van der Waals surface area contributed by atoms with E-state index in [0.29, 0.717) is 26.2 Å². The Labute approximate surface area is 169 Å². The van der Waals surface area contributed by atoms with Gasteiger partial charge in [-0.1, -0.05) is 18.2 Å². The summed E-state index contributed by atoms with van der Waals surface area (Å²) in [5.74, 6) is -0.605. The van der Waals surface area contributed by atoms with Crippen molar-refractivity contribution < 1.29 is 14.0 Å². The minimum absolute atomic E-state index is 0.0887. The number of carbonyl (C=O) groups is 2. The van der Waals surface area contributed by atoms with Crippen molar-refractivity contribution in [2.45, 2.75) is 44.8 Å². The van der Waals surface area contributed by atoms with E-state index in [1.807, 2.05) is 11.1 Å². The van der Waals surface area contributed by atoms with Gasteiger partial charge in [0, 0.05) is 38.1 Å². The first-order valence-corrected chi connectivity index (χ1v) is 10.1. The van der Waals surface area contributed by atoms with Gasteiger partial charge in [-0.15, -0.1) is 0 Å². The highest BCUT2D eigenvalue weighted by Crippen LogP contribution is 2.20. The molecule has 2 aliphatic rings. The standard InChI is InChI=1S/C22H25FN4O2/c23-18-6-4-15(5-7-18)14-27-9-8-24-22(29)20(27)11-21(28)26-13-16-10-17-2-1-3-19(17)25-12-16/h4-7,10,12,20H,1-3,8-9,11,13-14H2,(H,24,29)(H,26,28). The van der Waals surface area contributed by atoms with E-state index in [9.17, 15) is 14.0 Å². The molecule has 1 atom stereocenters. The molecule has 152 valence electrons. The second-order valence-electron chi connectivity index (χ2n) is 7.69. The Morgan fingerprint density at radius 3 is 2.90 bits per heavy atom. The van der Waals surface area contributed by atoms with E-state index in [0.717, 1.165) is 36.1 Å². The van der Waals surface area contributed by atoms with Crippen molar-refractivity contribution in [3.05, 3.63) is 64.7 Å². The van der Waals surface area contributed by atoms with E-state index in [-0.39, 0.29) is 24.1 Å². The van der Waals surface area contributed by atoms with Gasteiger partial charge in [-0.25, -0.2) is 4.39 Å². The average Bonchev–Trinajstić information content (AvgIpc) is 3.18. The van der Waals surface area contributed by atoms with Crippen molar-refractivity contribution in [3.63, 3.8) is 0 Å². The normalized spacial score (nSPS) is 18.9. The Balaban J connectivity index is 1.35. The summed E-state index contributed by atoms with van der Waals surface area (Å²) in [6.07, 6.45) is 5.12. The Kier molecular flexibility index (Phi) is 5.85. The molecule has 1 fully saturated rings. The maximum Gasteiger partial charge on any atom is 0.237 e. The Bertz CT molecular complexity index is 900. The van der Waals surface area contributed by atoms with E-state index in [4.69, 9.17) is 0 Å². The average molecular weight is 396 g/mol. The first-order valence-electron chi connectivity index (χ1n) is 10.1. The van der Waals surface area contributed by atoms with E-state index in [1.54, 1.807) is 12.1 Å². The molecule has 1 unspecified atom stereocenters. The second kappa shape index (κ2) is 8.69. The number of rotatable bonds is 6. The summed E-state index contributed by atoms with van der Waals surface area (Å²) in [7, 11) is 0. The number of aromatic nitrogens is 1. The number of aryl methyl sites for hydroxylation is 2. The first kappa shape index (κ1) is 19.5. The van der Waals surface area contributed by atoms with Crippen LogP contribution < -0.4 is 10.6 Å². The monoisotopic (exact) mass is 396 g/mol. The molecule has 0 bridgehead atoms. The molecular formula is C22H25FN4O2. The van der Waals surface area contributed by atoms with Crippen LogP contribution in [0.1, 0.15) is 35.2 Å². The van der Waals surface area contributed by atoms with Crippen LogP contribution in [0.15, 0.2) is 36.5 Å². The van der Waals surface area contributed by atoms with Crippen LogP contribution in [0.5, 0.6) is 0 Å². The lowest BCUT2D eigenvalue weighted by atomic mass is 10.1. The minimum Gasteiger partial charge on any atom is -0.353 e. The Morgan fingerprint density at radius 2 is 2.07 bits per heavy atom. The molecular weight excluding hydrogens is 371 g/mol. The lowest BCUT2D eigenvalue weighted by Crippen LogP contribution is -2.56. The fourth-order valence-electron chi connectivity index (χ4n) is 4.02. The highest BCUT2D eigenvalue weighted by Gasteiger charge is 2.31. The zero-order valence-corrected chi connectivity index (χ0v) is 16.3. The van der Waals surface area contributed by atoms with Crippen molar-refractivity contribution in [1.82, 2.24) is 20.5 Å². The molecule has 29 heavy (non-hydrogen) atoms. The molecule has 1 aliphatic heterocycles. The van der Waals surface area contributed by atoms with Crippen LogP contribution in [0.25, 0.3) is 0 Å². The predicted molar refractivity (Wildman–Crippen MR) is 106 cm³/mol. The third-order valence-corrected chi connectivity index (χ3v) is 5.59. The topological polar surface area (TPSA) is 74.3 Å². The summed E-state index contributed by atoms with van der Waals surface area (Å²) in [5, 5.41) is 5.75. The number of fused-ring (bicyclic) bond motifs is 1. The van der Waals surface area contributed by atoms with Gasteiger partial charge in [-0.05, 0) is 48.1 Å². The van der Waals surface area contributed by atoms with Crippen LogP contribution in [0, 0.1) is 5.82 Å². The van der Waals surface area contributed by atoms with Crippen molar-refractivity contribution in [2.75, 3.05) is 13.1 Å². The lowest BCUT2D eigenvalue weighted by molar-refractivity contribution is -0.134. The number of piperazine rings is 1. The summed E-state index contributed by atoms with van der Waals surface area (Å²) in [4.78, 5) is 31.4. The third kappa shape index (κ3) is 4.79. The largest absolute Gasteiger partial charge is 0.353 e. The number of benzene rings is 1. The van der Waals surface area contributed by atoms with Gasteiger partial charge >= 0.3 is 0 Å². The molecule has 1 aromatic carbocycles. The van der Waals surface area contributed by atoms with Gasteiger partial charge in [0.25, 0.3) is 0 Å². The van der Waals surface area contributed by atoms with Crippen molar-refractivity contribution in [1.29, 1.82) is 0 Å². The third-order valence-electron chi connectivity index (χ3n) is 5.59. The minimum atomic E-state index is -0.535. The van der Waals surface area contributed by atoms with Crippen LogP contribution >= 0.6 is 0 Å². The number of halogens is 1. The SMILES string of the molecule is O=C(CC1C(=O)NCCN1Cc1ccc(F)cc1)NCc1cnc2c(c1)CCC2. The summed E-state index contributed by atoms with van der Waals surface area (Å²) in [6, 6.07) is 7.81. The summed E-state index contributed by atoms with van der Waals surface area (Å²) < 4.78 is 13.1. The summed E-state index contributed by atoms with van der Waals surface area (Å²) in [6.45, 7) is 2.10. The number of amides is 2. The molecule has 1 saturated heterocycles. The number of nitrogens with zero attached hydrogens (tertiary/aromatic N) is 2. The smallest absolute Gasteiger partial charge is 0.237 e. The Hall–Kier alpha value is -2.80. The van der Waals surface area contributed by atoms with Crippen LogP contribution in [-0.2, 0) is 35.5 Å². The predicted octanol–water partition coefficient (Wildman–Crippen LogP) is 1.72. The van der Waals surface area contributed by atoms with Crippen LogP contribution in [0.4, 0.5) is 4.39 Å². The van der Waals surface area contributed by atoms with Gasteiger partial charge in [-0.3, -0.25) is 19.5 Å². The van der Waals surface area contributed by atoms with Crippen LogP contribution in [0.3, 0.4) is 0 Å². The van der Waals surface area contributed by atoms with Crippen LogP contribution in [0.2, 0.25) is 0 Å². The molecule has 1 aromatic heterocycles. The molecule has 2 heterocycles. The molecule has 2 amide bonds. The maximum absolute atomic E-state index is 13.1. The van der Waals surface area contributed by atoms with Crippen molar-refractivity contribution in [2.24, 2.45) is 0 Å². The van der Waals surface area contributed by atoms with Gasteiger partial charge in [0.15, 0.2) is 0 Å². The molecule has 2 N–H and O–H groups in total. The molecule has 0 saturated carbocycles. The lowest BCUT2D eigenvalue weighted by Gasteiger charge is -2.34. The fraction of sp³-hybridized carbons (Fsp3) is 0.409. The zero-order chi connectivity index (χ0) is 20.2. The molecule has 4 rings (SSSR count). The molecule has 1 aliphatic carbocycles. The summed E-state index contributed by atoms with van der Waals surface area (Å²) >= 11 is 0. The highest BCUT2D eigenvalue weighted by atomic mass is 19.1. The van der Waals surface area contributed by atoms with E-state index in [2.05, 4.69) is 21.7 Å². The number of carbonyl (C=O) groups excluding carboxylic acids is 2. The van der Waals surface area contributed by atoms with Gasteiger partial charge < -0.3 is 10.6 Å². The number of hydrogen-bond acceptors (Lipinski definition) is 4. The molecule has 6 nitrogen and oxygen atoms in total. The fourth-order valence-corrected chi connectivity index (χ4v) is 4.02. The first-order chi connectivity index (χ1) is 14.1. The molecule has 2 aromatic rings. The van der Waals surface area contributed by atoms with Crippen molar-refractivity contribution >= 4 is 11.8 Å². The number of nitrogens with one attached hydrogen (secondary N) is 2. The number of hydrogen-bond donors (Lipinski definition) is 2. The maximum atomic E-state index is 13.1. The van der Waals surface area contributed by atoms with Crippen LogP contribution in [-0.4, -0.2) is 40.8 Å². The van der Waals surface area contributed by atoms with Gasteiger partial charge in [0.05, 0.1) is 12.5 Å². The number of pyridine rings is 1. The van der Waals surface area contributed by atoms with E-state index < -0.39 is 6.04 Å². The second-order valence-corrected chi connectivity index (χ2v) is 7.69. The van der Waals surface area contributed by atoms with Gasteiger partial charge in [0.1, 0.15) is 5.82 Å². The summed E-state index contributed by atoms with van der Waals surface area (Å²) in [5.41, 5.74) is 4.33. The van der Waals surface area contributed by atoms with E-state index >= 15 is 0 Å². The van der Waals surface area contributed by atoms with Gasteiger partial charge in [-0.2, -0.15) is 0 Å². The molecule has 0 radical (unpaired) electrons. The molecule has 7 heteroatoms. The Morgan fingerprint density at radius 1 is 1.24 bits per heavy atom. The quantitative estimate of drug-likeness (QED) is 0.780. The van der Waals surface area contributed by atoms with Crippen molar-refractivity contribution in [3.8, 4) is 0 Å².